The molecule has 2 unspecified atom stereocenters. The number of benzene rings is 2. The number of ether oxygens (including phenoxy) is 2. The summed E-state index contributed by atoms with van der Waals surface area (Å²) in [5, 5.41) is 2.10. The number of hydroxylamine groups is 1. The smallest absolute Gasteiger partial charge is 0.416 e. The van der Waals surface area contributed by atoms with Crippen molar-refractivity contribution in [2.75, 3.05) is 18.5 Å². The van der Waals surface area contributed by atoms with E-state index in [2.05, 4.69) is 10.8 Å². The van der Waals surface area contributed by atoms with Gasteiger partial charge in [0.05, 0.1) is 17.2 Å². The fourth-order valence-electron chi connectivity index (χ4n) is 5.34. The Morgan fingerprint density at radius 2 is 1.65 bits per heavy atom. The summed E-state index contributed by atoms with van der Waals surface area (Å²) in [5.41, 5.74) is -0.000185. The third-order valence-electron chi connectivity index (χ3n) is 7.52. The van der Waals surface area contributed by atoms with E-state index in [1.807, 2.05) is 6.07 Å². The summed E-state index contributed by atoms with van der Waals surface area (Å²) < 4.78 is 90.6. The second-order valence-electron chi connectivity index (χ2n) is 12.5. The Bertz CT molecular complexity index is 1480. The number of carbonyl (C=O) groups is 3. The molecule has 1 aliphatic carbocycles. The Hall–Kier alpha value is -4.11. The summed E-state index contributed by atoms with van der Waals surface area (Å²) in [5.74, 6) is -1.37. The topological polar surface area (TPSA) is 106 Å². The van der Waals surface area contributed by atoms with Crippen LogP contribution < -0.4 is 10.8 Å². The average Bonchev–Trinajstić information content (AvgIpc) is 3.40. The van der Waals surface area contributed by atoms with Crippen LogP contribution in [0.15, 0.2) is 42.5 Å². The summed E-state index contributed by atoms with van der Waals surface area (Å²) in [6.07, 6.45) is -5.35. The van der Waals surface area contributed by atoms with Gasteiger partial charge in [0.2, 0.25) is 5.91 Å². The molecule has 1 aliphatic heterocycles. The standard InChI is InChI=1S/C33H37F6N3O6/c1-31(2,3)47-30(45)42(14-13-27(43)40-24-18-22(32(34,35)36)17-23(19-24)33(37,38)39)26-11-9-21-16-20(7-10-25(21)26)8-12-28(44)41-48-29-6-4-5-15-46-29/h7-8,10,12,16-19,26,29H,4-6,9,11,13-15H2,1-3H3,(H,40,43)(H,41,44)/b12-8+. The van der Waals surface area contributed by atoms with Crippen molar-refractivity contribution in [1.82, 2.24) is 10.4 Å². The van der Waals surface area contributed by atoms with Crippen molar-refractivity contribution in [3.8, 4) is 0 Å². The molecule has 1 heterocycles. The first-order chi connectivity index (χ1) is 22.4. The third kappa shape index (κ3) is 10.4. The zero-order valence-corrected chi connectivity index (χ0v) is 26.6. The molecule has 48 heavy (non-hydrogen) atoms. The van der Waals surface area contributed by atoms with Crippen LogP contribution in [0.25, 0.3) is 6.08 Å². The van der Waals surface area contributed by atoms with E-state index in [0.717, 1.165) is 24.0 Å². The third-order valence-corrected chi connectivity index (χ3v) is 7.52. The number of aryl methyl sites for hydroxylation is 1. The number of alkyl halides is 6. The lowest BCUT2D eigenvalue weighted by atomic mass is 10.0. The lowest BCUT2D eigenvalue weighted by Crippen LogP contribution is -2.40. The van der Waals surface area contributed by atoms with Crippen LogP contribution in [0, 0.1) is 0 Å². The minimum Gasteiger partial charge on any atom is -0.444 e. The molecule has 0 spiro atoms. The number of carbonyl (C=O) groups excluding carboxylic acids is 3. The zero-order valence-electron chi connectivity index (χ0n) is 26.6. The molecule has 2 aromatic rings. The summed E-state index contributed by atoms with van der Waals surface area (Å²) in [6, 6.07) is 5.66. The minimum absolute atomic E-state index is 0.0323. The highest BCUT2D eigenvalue weighted by molar-refractivity contribution is 5.91. The van der Waals surface area contributed by atoms with Gasteiger partial charge in [-0.25, -0.2) is 15.1 Å². The van der Waals surface area contributed by atoms with Crippen molar-refractivity contribution in [2.45, 2.75) is 89.6 Å². The highest BCUT2D eigenvalue weighted by Gasteiger charge is 2.38. The first kappa shape index (κ1) is 36.7. The summed E-state index contributed by atoms with van der Waals surface area (Å²) in [6.45, 7) is 5.31. The summed E-state index contributed by atoms with van der Waals surface area (Å²) >= 11 is 0. The van der Waals surface area contributed by atoms with E-state index in [9.17, 15) is 40.7 Å². The van der Waals surface area contributed by atoms with Crippen molar-refractivity contribution < 1.29 is 55.0 Å². The lowest BCUT2D eigenvalue weighted by Gasteiger charge is -2.32. The monoisotopic (exact) mass is 685 g/mol. The van der Waals surface area contributed by atoms with E-state index < -0.39 is 71.4 Å². The van der Waals surface area contributed by atoms with Crippen LogP contribution in [-0.2, 0) is 42.7 Å². The van der Waals surface area contributed by atoms with Gasteiger partial charge >= 0.3 is 18.4 Å². The molecular weight excluding hydrogens is 648 g/mol. The number of fused-ring (bicyclic) bond motifs is 1. The van der Waals surface area contributed by atoms with Crippen LogP contribution in [0.1, 0.15) is 86.7 Å². The van der Waals surface area contributed by atoms with Crippen molar-refractivity contribution in [3.63, 3.8) is 0 Å². The molecule has 1 saturated heterocycles. The van der Waals surface area contributed by atoms with Gasteiger partial charge in [-0.1, -0.05) is 18.2 Å². The molecule has 2 atom stereocenters. The van der Waals surface area contributed by atoms with Gasteiger partial charge in [0.15, 0.2) is 6.29 Å². The van der Waals surface area contributed by atoms with Crippen molar-refractivity contribution >= 4 is 29.7 Å². The van der Waals surface area contributed by atoms with Crippen LogP contribution in [0.2, 0.25) is 0 Å². The Morgan fingerprint density at radius 3 is 2.25 bits per heavy atom. The lowest BCUT2D eigenvalue weighted by molar-refractivity contribution is -0.198. The maximum absolute atomic E-state index is 13.3. The van der Waals surface area contributed by atoms with Gasteiger partial charge in [0, 0.05) is 37.8 Å². The Balaban J connectivity index is 1.45. The van der Waals surface area contributed by atoms with Crippen LogP contribution in [0.3, 0.4) is 0 Å². The molecule has 262 valence electrons. The second-order valence-corrected chi connectivity index (χ2v) is 12.5. The summed E-state index contributed by atoms with van der Waals surface area (Å²) in [4.78, 5) is 44.9. The molecule has 2 aliphatic rings. The average molecular weight is 686 g/mol. The number of halogens is 6. The number of hydrogen-bond donors (Lipinski definition) is 2. The number of nitrogens with one attached hydrogen (secondary N) is 2. The molecule has 15 heteroatoms. The zero-order chi connectivity index (χ0) is 35.3. The van der Waals surface area contributed by atoms with E-state index in [1.54, 1.807) is 39.0 Å². The minimum atomic E-state index is -5.08. The molecule has 9 nitrogen and oxygen atoms in total. The van der Waals surface area contributed by atoms with Crippen LogP contribution >= 0.6 is 0 Å². The Morgan fingerprint density at radius 1 is 0.958 bits per heavy atom. The molecule has 0 saturated carbocycles. The van der Waals surface area contributed by atoms with Gasteiger partial charge in [0.25, 0.3) is 5.91 Å². The van der Waals surface area contributed by atoms with Crippen molar-refractivity contribution in [2.24, 2.45) is 0 Å². The van der Waals surface area contributed by atoms with Crippen molar-refractivity contribution in [1.29, 1.82) is 0 Å². The molecule has 2 N–H and O–H groups in total. The van der Waals surface area contributed by atoms with Gasteiger partial charge in [-0.05, 0) is 87.4 Å². The van der Waals surface area contributed by atoms with Gasteiger partial charge in [-0.15, -0.1) is 0 Å². The number of nitrogens with zero attached hydrogens (tertiary/aromatic N) is 1. The second kappa shape index (κ2) is 15.0. The first-order valence-electron chi connectivity index (χ1n) is 15.4. The van der Waals surface area contributed by atoms with Crippen LogP contribution in [0.5, 0.6) is 0 Å². The SMILES string of the molecule is CC(C)(C)OC(=O)N(CCC(=O)Nc1cc(C(F)(F)F)cc(C(F)(F)F)c1)C1CCc2cc(/C=C/C(=O)NOC3CCCCO3)ccc21. The number of amides is 3. The number of anilines is 1. The molecule has 0 radical (unpaired) electrons. The quantitative estimate of drug-likeness (QED) is 0.160. The summed E-state index contributed by atoms with van der Waals surface area (Å²) in [7, 11) is 0. The fraction of sp³-hybridized carbons (Fsp3) is 0.485. The molecule has 1 fully saturated rings. The van der Waals surface area contributed by atoms with Gasteiger partial charge in [-0.3, -0.25) is 9.59 Å². The van der Waals surface area contributed by atoms with Crippen molar-refractivity contribution in [3.05, 3.63) is 70.3 Å². The van der Waals surface area contributed by atoms with Crippen LogP contribution in [0.4, 0.5) is 36.8 Å². The number of rotatable bonds is 9. The van der Waals surface area contributed by atoms with Gasteiger partial charge in [0.1, 0.15) is 5.60 Å². The fourth-order valence-corrected chi connectivity index (χ4v) is 5.34. The van der Waals surface area contributed by atoms with E-state index >= 15 is 0 Å². The molecule has 0 aromatic heterocycles. The van der Waals surface area contributed by atoms with Gasteiger partial charge in [-0.2, -0.15) is 26.3 Å². The largest absolute Gasteiger partial charge is 0.444 e. The molecule has 3 amide bonds. The highest BCUT2D eigenvalue weighted by atomic mass is 19.4. The van der Waals surface area contributed by atoms with E-state index in [-0.39, 0.29) is 12.6 Å². The van der Waals surface area contributed by atoms with E-state index in [0.29, 0.717) is 43.6 Å². The Labute approximate surface area is 273 Å². The van der Waals surface area contributed by atoms with Crippen LogP contribution in [-0.4, -0.2) is 47.9 Å². The Kier molecular flexibility index (Phi) is 11.5. The highest BCUT2D eigenvalue weighted by Crippen LogP contribution is 2.39. The number of hydrogen-bond acceptors (Lipinski definition) is 6. The first-order valence-corrected chi connectivity index (χ1v) is 15.4. The predicted octanol–water partition coefficient (Wildman–Crippen LogP) is 7.57. The molecule has 4 rings (SSSR count). The molecule has 0 bridgehead atoms. The maximum Gasteiger partial charge on any atom is 0.416 e. The maximum atomic E-state index is 13.3. The molecule has 2 aromatic carbocycles. The van der Waals surface area contributed by atoms with Gasteiger partial charge < -0.3 is 19.7 Å². The normalized spacial score (nSPS) is 18.4. The van der Waals surface area contributed by atoms with E-state index in [1.165, 1.54) is 11.0 Å². The van der Waals surface area contributed by atoms with E-state index in [4.69, 9.17) is 14.3 Å². The predicted molar refractivity (Wildman–Crippen MR) is 162 cm³/mol. The molecular formula is C33H37F6N3O6.